The van der Waals surface area contributed by atoms with Gasteiger partial charge < -0.3 is 4.90 Å². The van der Waals surface area contributed by atoms with E-state index >= 15 is 0 Å². The van der Waals surface area contributed by atoms with Gasteiger partial charge in [-0.15, -0.1) is 0 Å². The molecule has 0 spiro atoms. The minimum absolute atomic E-state index is 0.0408. The van der Waals surface area contributed by atoms with Crippen LogP contribution in [0.4, 0.5) is 8.78 Å². The SMILES string of the molecule is CCN(C(C)=O)C(c1nn(-c2cc(F)ccc2F)cc1Cc1ccccc1)C(C)(C)C. The summed E-state index contributed by atoms with van der Waals surface area (Å²) in [5.74, 6) is -1.16. The third kappa shape index (κ3) is 5.01. The second-order valence-corrected chi connectivity index (χ2v) is 8.82. The maximum absolute atomic E-state index is 14.5. The van der Waals surface area contributed by atoms with Crippen LogP contribution < -0.4 is 0 Å². The molecule has 1 atom stereocenters. The molecular formula is C25H29F2N3O. The molecule has 164 valence electrons. The first-order valence-corrected chi connectivity index (χ1v) is 10.5. The largest absolute Gasteiger partial charge is 0.334 e. The number of nitrogens with zero attached hydrogens (tertiary/aromatic N) is 3. The van der Waals surface area contributed by atoms with E-state index in [0.717, 1.165) is 29.3 Å². The zero-order valence-corrected chi connectivity index (χ0v) is 18.7. The molecule has 0 N–H and O–H groups in total. The molecule has 3 rings (SSSR count). The molecule has 0 aliphatic rings. The van der Waals surface area contributed by atoms with Crippen molar-refractivity contribution in [3.63, 3.8) is 0 Å². The van der Waals surface area contributed by atoms with Gasteiger partial charge in [0.15, 0.2) is 0 Å². The molecule has 0 aliphatic carbocycles. The average molecular weight is 426 g/mol. The van der Waals surface area contributed by atoms with Crippen LogP contribution in [0.3, 0.4) is 0 Å². The first kappa shape index (κ1) is 22.7. The molecule has 0 saturated heterocycles. The van der Waals surface area contributed by atoms with Crippen LogP contribution in [0.25, 0.3) is 5.69 Å². The van der Waals surface area contributed by atoms with E-state index in [-0.39, 0.29) is 23.1 Å². The van der Waals surface area contributed by atoms with Crippen molar-refractivity contribution in [3.8, 4) is 5.69 Å². The molecule has 0 bridgehead atoms. The summed E-state index contributed by atoms with van der Waals surface area (Å²) in [7, 11) is 0. The van der Waals surface area contributed by atoms with Gasteiger partial charge in [0.25, 0.3) is 0 Å². The highest BCUT2D eigenvalue weighted by Gasteiger charge is 2.36. The third-order valence-electron chi connectivity index (χ3n) is 5.35. The van der Waals surface area contributed by atoms with Crippen molar-refractivity contribution in [2.24, 2.45) is 5.41 Å². The van der Waals surface area contributed by atoms with Gasteiger partial charge in [0.05, 0.1) is 11.7 Å². The Morgan fingerprint density at radius 3 is 2.39 bits per heavy atom. The molecule has 0 fully saturated rings. The van der Waals surface area contributed by atoms with Crippen LogP contribution in [-0.2, 0) is 11.2 Å². The Kier molecular flexibility index (Phi) is 6.58. The third-order valence-corrected chi connectivity index (χ3v) is 5.35. The van der Waals surface area contributed by atoms with Crippen LogP contribution in [0, 0.1) is 17.0 Å². The molecule has 6 heteroatoms. The van der Waals surface area contributed by atoms with Crippen molar-refractivity contribution >= 4 is 5.91 Å². The molecule has 1 amide bonds. The van der Waals surface area contributed by atoms with Crippen LogP contribution in [0.5, 0.6) is 0 Å². The smallest absolute Gasteiger partial charge is 0.220 e. The second-order valence-electron chi connectivity index (χ2n) is 8.82. The fraction of sp³-hybridized carbons (Fsp3) is 0.360. The number of benzene rings is 2. The fourth-order valence-electron chi connectivity index (χ4n) is 4.00. The first-order chi connectivity index (χ1) is 14.6. The quantitative estimate of drug-likeness (QED) is 0.508. The molecule has 2 aromatic carbocycles. The lowest BCUT2D eigenvalue weighted by atomic mass is 9.81. The zero-order chi connectivity index (χ0) is 22.8. The molecule has 0 aliphatic heterocycles. The average Bonchev–Trinajstić information content (AvgIpc) is 3.10. The molecule has 3 aromatic rings. The maximum atomic E-state index is 14.5. The number of amides is 1. The van der Waals surface area contributed by atoms with Gasteiger partial charge in [0.1, 0.15) is 17.3 Å². The van der Waals surface area contributed by atoms with Crippen molar-refractivity contribution in [2.45, 2.75) is 47.1 Å². The molecule has 1 aromatic heterocycles. The standard InChI is InChI=1S/C25H29F2N3O/c1-6-29(17(2)31)24(25(3,4)5)23-19(14-18-10-8-7-9-11-18)16-30(28-23)22-15-20(26)12-13-21(22)27/h7-13,15-16,24H,6,14H2,1-5H3. The monoisotopic (exact) mass is 425 g/mol. The highest BCUT2D eigenvalue weighted by Crippen LogP contribution is 2.39. The van der Waals surface area contributed by atoms with Gasteiger partial charge >= 0.3 is 0 Å². The summed E-state index contributed by atoms with van der Waals surface area (Å²) in [5, 5.41) is 4.71. The van der Waals surface area contributed by atoms with E-state index < -0.39 is 11.6 Å². The minimum Gasteiger partial charge on any atom is -0.334 e. The van der Waals surface area contributed by atoms with Crippen molar-refractivity contribution < 1.29 is 13.6 Å². The fourth-order valence-corrected chi connectivity index (χ4v) is 4.00. The van der Waals surface area contributed by atoms with Crippen LogP contribution in [0.2, 0.25) is 0 Å². The highest BCUT2D eigenvalue weighted by molar-refractivity contribution is 5.74. The number of rotatable bonds is 6. The predicted octanol–water partition coefficient (Wildman–Crippen LogP) is 5.70. The molecule has 1 heterocycles. The number of carbonyl (C=O) groups is 1. The summed E-state index contributed by atoms with van der Waals surface area (Å²) < 4.78 is 29.8. The van der Waals surface area contributed by atoms with E-state index in [0.29, 0.717) is 18.7 Å². The summed E-state index contributed by atoms with van der Waals surface area (Å²) in [4.78, 5) is 14.2. The van der Waals surface area contributed by atoms with Gasteiger partial charge in [-0.2, -0.15) is 5.10 Å². The van der Waals surface area contributed by atoms with Crippen LogP contribution in [0.1, 0.15) is 57.5 Å². The lowest BCUT2D eigenvalue weighted by Gasteiger charge is -2.39. The molecule has 4 nitrogen and oxygen atoms in total. The Bertz CT molecular complexity index is 1050. The van der Waals surface area contributed by atoms with E-state index in [2.05, 4.69) is 20.8 Å². The lowest BCUT2D eigenvalue weighted by Crippen LogP contribution is -2.40. The summed E-state index contributed by atoms with van der Waals surface area (Å²) in [6.07, 6.45) is 2.31. The van der Waals surface area contributed by atoms with Gasteiger partial charge in [-0.05, 0) is 30.0 Å². The molecule has 31 heavy (non-hydrogen) atoms. The van der Waals surface area contributed by atoms with Crippen molar-refractivity contribution in [1.29, 1.82) is 0 Å². The van der Waals surface area contributed by atoms with Gasteiger partial charge in [0, 0.05) is 37.7 Å². The Morgan fingerprint density at radius 1 is 1.13 bits per heavy atom. The molecule has 1 unspecified atom stereocenters. The topological polar surface area (TPSA) is 38.1 Å². The number of halogens is 2. The number of carbonyl (C=O) groups excluding carboxylic acids is 1. The Hall–Kier alpha value is -3.02. The summed E-state index contributed by atoms with van der Waals surface area (Å²) in [5.41, 5.74) is 2.35. The number of aromatic nitrogens is 2. The lowest BCUT2D eigenvalue weighted by molar-refractivity contribution is -0.133. The van der Waals surface area contributed by atoms with E-state index in [1.165, 1.54) is 4.68 Å². The van der Waals surface area contributed by atoms with Crippen molar-refractivity contribution in [1.82, 2.24) is 14.7 Å². The number of hydrogen-bond donors (Lipinski definition) is 0. The zero-order valence-electron chi connectivity index (χ0n) is 18.7. The van der Waals surface area contributed by atoms with Crippen LogP contribution >= 0.6 is 0 Å². The van der Waals surface area contributed by atoms with E-state index in [1.807, 2.05) is 37.3 Å². The highest BCUT2D eigenvalue weighted by atomic mass is 19.1. The van der Waals surface area contributed by atoms with Gasteiger partial charge in [0.2, 0.25) is 5.91 Å². The van der Waals surface area contributed by atoms with E-state index in [9.17, 15) is 13.6 Å². The van der Waals surface area contributed by atoms with Gasteiger partial charge in [-0.3, -0.25) is 4.79 Å². The van der Waals surface area contributed by atoms with E-state index in [4.69, 9.17) is 5.10 Å². The Balaban J connectivity index is 2.21. The van der Waals surface area contributed by atoms with Gasteiger partial charge in [-0.1, -0.05) is 51.1 Å². The maximum Gasteiger partial charge on any atom is 0.220 e. The molecule has 0 radical (unpaired) electrons. The van der Waals surface area contributed by atoms with Crippen LogP contribution in [0.15, 0.2) is 54.7 Å². The molecular weight excluding hydrogens is 396 g/mol. The van der Waals surface area contributed by atoms with Crippen molar-refractivity contribution in [2.75, 3.05) is 6.54 Å². The predicted molar refractivity (Wildman–Crippen MR) is 118 cm³/mol. The van der Waals surface area contributed by atoms with E-state index in [1.54, 1.807) is 18.0 Å². The summed E-state index contributed by atoms with van der Waals surface area (Å²) >= 11 is 0. The van der Waals surface area contributed by atoms with Gasteiger partial charge in [-0.25, -0.2) is 13.5 Å². The van der Waals surface area contributed by atoms with Crippen molar-refractivity contribution in [3.05, 3.63) is 83.2 Å². The Labute approximate surface area is 182 Å². The Morgan fingerprint density at radius 2 is 1.81 bits per heavy atom. The summed E-state index contributed by atoms with van der Waals surface area (Å²) in [6.45, 7) is 10.2. The normalized spacial score (nSPS) is 12.6. The molecule has 0 saturated carbocycles. The van der Waals surface area contributed by atoms with Crippen LogP contribution in [-0.4, -0.2) is 27.1 Å². The second kappa shape index (κ2) is 9.00. The minimum atomic E-state index is -0.562. The number of hydrogen-bond acceptors (Lipinski definition) is 2. The summed E-state index contributed by atoms with van der Waals surface area (Å²) in [6, 6.07) is 12.9. The first-order valence-electron chi connectivity index (χ1n) is 10.5.